The molecule has 1 unspecified atom stereocenters. The fraction of sp³-hybridized carbons (Fsp3) is 0.562. The number of carbonyl (C=O) groups excluding carboxylic acids is 1. The largest absolute Gasteiger partial charge is 0.497 e. The van der Waals surface area contributed by atoms with Gasteiger partial charge in [-0.05, 0) is 24.1 Å². The third-order valence-corrected chi connectivity index (χ3v) is 3.27. The van der Waals surface area contributed by atoms with Crippen LogP contribution in [0, 0.1) is 5.92 Å². The van der Waals surface area contributed by atoms with Gasteiger partial charge in [0.15, 0.2) is 0 Å². The monoisotopic (exact) mass is 278 g/mol. The zero-order valence-electron chi connectivity index (χ0n) is 12.9. The number of benzene rings is 1. The number of hydrogen-bond donors (Lipinski definition) is 2. The molecule has 1 aromatic rings. The van der Waals surface area contributed by atoms with E-state index in [4.69, 9.17) is 4.74 Å². The van der Waals surface area contributed by atoms with Crippen LogP contribution in [0.2, 0.25) is 0 Å². The molecule has 0 radical (unpaired) electrons. The summed E-state index contributed by atoms with van der Waals surface area (Å²) in [5.74, 6) is 1.01. The summed E-state index contributed by atoms with van der Waals surface area (Å²) in [6, 6.07) is 8.40. The minimum absolute atomic E-state index is 0.0403. The summed E-state index contributed by atoms with van der Waals surface area (Å²) in [6.07, 6.45) is 1.00. The Hall–Kier alpha value is -1.55. The lowest BCUT2D eigenvalue weighted by Gasteiger charge is -2.18. The van der Waals surface area contributed by atoms with Gasteiger partial charge in [-0.2, -0.15) is 0 Å². The molecule has 0 aromatic heterocycles. The van der Waals surface area contributed by atoms with E-state index in [1.54, 1.807) is 7.11 Å². The maximum Gasteiger partial charge on any atom is 0.222 e. The molecule has 0 saturated heterocycles. The number of carbonyl (C=O) groups is 1. The highest BCUT2D eigenvalue weighted by Gasteiger charge is 2.09. The van der Waals surface area contributed by atoms with Gasteiger partial charge in [-0.25, -0.2) is 0 Å². The molecule has 2 N–H and O–H groups in total. The normalized spacial score (nSPS) is 12.2. The van der Waals surface area contributed by atoms with E-state index in [0.29, 0.717) is 12.6 Å². The lowest BCUT2D eigenvalue weighted by Crippen LogP contribution is -2.35. The predicted octanol–water partition coefficient (Wildman–Crippen LogP) is 2.51. The number of methoxy groups -OCH3 is 1. The van der Waals surface area contributed by atoms with Crippen LogP contribution in [0.25, 0.3) is 0 Å². The van der Waals surface area contributed by atoms with E-state index in [1.165, 1.54) is 5.56 Å². The average molecular weight is 278 g/mol. The molecule has 4 nitrogen and oxygen atoms in total. The van der Waals surface area contributed by atoms with Crippen LogP contribution in [0.4, 0.5) is 0 Å². The number of ether oxygens (including phenoxy) is 1. The third kappa shape index (κ3) is 5.21. The molecule has 1 atom stereocenters. The summed E-state index contributed by atoms with van der Waals surface area (Å²) in [7, 11) is 1.67. The highest BCUT2D eigenvalue weighted by atomic mass is 16.5. The van der Waals surface area contributed by atoms with Crippen LogP contribution >= 0.6 is 0 Å². The van der Waals surface area contributed by atoms with E-state index in [0.717, 1.165) is 18.7 Å². The van der Waals surface area contributed by atoms with Gasteiger partial charge in [0.25, 0.3) is 0 Å². The molecule has 0 aliphatic carbocycles. The maximum absolute atomic E-state index is 11.4. The van der Waals surface area contributed by atoms with Gasteiger partial charge < -0.3 is 15.4 Å². The zero-order chi connectivity index (χ0) is 15.0. The number of amides is 1. The smallest absolute Gasteiger partial charge is 0.222 e. The Morgan fingerprint density at radius 1 is 1.20 bits per heavy atom. The van der Waals surface area contributed by atoms with E-state index in [-0.39, 0.29) is 11.8 Å². The topological polar surface area (TPSA) is 50.4 Å². The third-order valence-electron chi connectivity index (χ3n) is 3.27. The van der Waals surface area contributed by atoms with Crippen molar-refractivity contribution >= 4 is 5.91 Å². The van der Waals surface area contributed by atoms with Crippen molar-refractivity contribution in [3.63, 3.8) is 0 Å². The molecule has 0 spiro atoms. The molecule has 1 rings (SSSR count). The Labute approximate surface area is 121 Å². The van der Waals surface area contributed by atoms with Crippen LogP contribution in [0.3, 0.4) is 0 Å². The van der Waals surface area contributed by atoms with Gasteiger partial charge in [0.05, 0.1) is 7.11 Å². The first-order valence-corrected chi connectivity index (χ1v) is 7.23. The summed E-state index contributed by atoms with van der Waals surface area (Å²) in [5, 5.41) is 6.37. The van der Waals surface area contributed by atoms with Crippen LogP contribution < -0.4 is 15.4 Å². The van der Waals surface area contributed by atoms with E-state index in [2.05, 4.69) is 29.7 Å². The first kappa shape index (κ1) is 16.5. The summed E-state index contributed by atoms with van der Waals surface area (Å²) in [6.45, 7) is 7.37. The first-order valence-electron chi connectivity index (χ1n) is 7.23. The summed E-state index contributed by atoms with van der Waals surface area (Å²) < 4.78 is 5.16. The summed E-state index contributed by atoms with van der Waals surface area (Å²) >= 11 is 0. The van der Waals surface area contributed by atoms with Crippen LogP contribution in [0.15, 0.2) is 24.3 Å². The molecule has 4 heteroatoms. The van der Waals surface area contributed by atoms with Gasteiger partial charge in [0.2, 0.25) is 5.91 Å². The number of hydrogen-bond acceptors (Lipinski definition) is 3. The molecule has 0 saturated carbocycles. The van der Waals surface area contributed by atoms with Crippen LogP contribution in [0.1, 0.15) is 38.8 Å². The Morgan fingerprint density at radius 3 is 2.35 bits per heavy atom. The zero-order valence-corrected chi connectivity index (χ0v) is 12.9. The van der Waals surface area contributed by atoms with Crippen molar-refractivity contribution in [3.05, 3.63) is 29.8 Å². The molecular weight excluding hydrogens is 252 g/mol. The average Bonchev–Trinajstić information content (AvgIpc) is 2.47. The Morgan fingerprint density at radius 2 is 1.85 bits per heavy atom. The quantitative estimate of drug-likeness (QED) is 0.718. The van der Waals surface area contributed by atoms with Gasteiger partial charge in [-0.3, -0.25) is 4.79 Å². The van der Waals surface area contributed by atoms with Gasteiger partial charge in [-0.15, -0.1) is 0 Å². The molecule has 20 heavy (non-hydrogen) atoms. The second-order valence-electron chi connectivity index (χ2n) is 5.13. The van der Waals surface area contributed by atoms with Gasteiger partial charge in [0.1, 0.15) is 5.75 Å². The van der Waals surface area contributed by atoms with Crippen LogP contribution in [-0.2, 0) is 4.79 Å². The molecule has 1 amide bonds. The van der Waals surface area contributed by atoms with Gasteiger partial charge in [0, 0.05) is 25.0 Å². The minimum atomic E-state index is 0.0403. The maximum atomic E-state index is 11.4. The Balaban J connectivity index is 2.40. The van der Waals surface area contributed by atoms with Crippen molar-refractivity contribution < 1.29 is 9.53 Å². The van der Waals surface area contributed by atoms with E-state index < -0.39 is 0 Å². The summed E-state index contributed by atoms with van der Waals surface area (Å²) in [5.41, 5.74) is 1.24. The molecule has 112 valence electrons. The molecule has 1 aromatic carbocycles. The Bertz CT molecular complexity index is 401. The summed E-state index contributed by atoms with van der Waals surface area (Å²) in [4.78, 5) is 11.4. The van der Waals surface area contributed by atoms with E-state index >= 15 is 0 Å². The fourth-order valence-electron chi connectivity index (χ4n) is 1.97. The van der Waals surface area contributed by atoms with E-state index in [9.17, 15) is 4.79 Å². The van der Waals surface area contributed by atoms with Crippen molar-refractivity contribution in [1.29, 1.82) is 0 Å². The van der Waals surface area contributed by atoms with Crippen molar-refractivity contribution in [3.8, 4) is 5.75 Å². The highest BCUT2D eigenvalue weighted by molar-refractivity contribution is 5.77. The molecule has 0 aliphatic heterocycles. The van der Waals surface area contributed by atoms with Crippen LogP contribution in [-0.4, -0.2) is 26.1 Å². The number of rotatable bonds is 8. The van der Waals surface area contributed by atoms with Crippen molar-refractivity contribution in [2.24, 2.45) is 5.92 Å². The van der Waals surface area contributed by atoms with Gasteiger partial charge in [-0.1, -0.05) is 32.9 Å². The number of nitrogens with one attached hydrogen (secondary N) is 2. The van der Waals surface area contributed by atoms with Crippen molar-refractivity contribution in [2.75, 3.05) is 20.2 Å². The second kappa shape index (κ2) is 8.59. The predicted molar refractivity (Wildman–Crippen MR) is 81.9 cm³/mol. The molecule has 0 bridgehead atoms. The second-order valence-corrected chi connectivity index (χ2v) is 5.13. The highest BCUT2D eigenvalue weighted by Crippen LogP contribution is 2.19. The fourth-order valence-corrected chi connectivity index (χ4v) is 1.97. The molecular formula is C16H26N2O2. The standard InChI is InChI=1S/C16H26N2O2/c1-5-15(13-6-8-14(20-4)9-7-13)17-10-11-18-16(19)12(2)3/h6-9,12,15,17H,5,10-11H2,1-4H3,(H,18,19). The molecule has 0 fully saturated rings. The lowest BCUT2D eigenvalue weighted by atomic mass is 10.0. The Kier molecular flexibility index (Phi) is 7.09. The van der Waals surface area contributed by atoms with Gasteiger partial charge >= 0.3 is 0 Å². The minimum Gasteiger partial charge on any atom is -0.497 e. The molecule has 0 heterocycles. The SMILES string of the molecule is CCC(NCCNC(=O)C(C)C)c1ccc(OC)cc1. The van der Waals surface area contributed by atoms with E-state index in [1.807, 2.05) is 26.0 Å². The van der Waals surface area contributed by atoms with Crippen LogP contribution in [0.5, 0.6) is 5.75 Å². The van der Waals surface area contributed by atoms with Crippen molar-refractivity contribution in [2.45, 2.75) is 33.2 Å². The first-order chi connectivity index (χ1) is 9.58. The lowest BCUT2D eigenvalue weighted by molar-refractivity contribution is -0.123. The van der Waals surface area contributed by atoms with Crippen molar-refractivity contribution in [1.82, 2.24) is 10.6 Å². The molecule has 0 aliphatic rings.